The van der Waals surface area contributed by atoms with Gasteiger partial charge in [-0.25, -0.2) is 17.9 Å². The highest BCUT2D eigenvalue weighted by atomic mass is 32.2. The number of carbonyl (C=O) groups excluding carboxylic acids is 2. The van der Waals surface area contributed by atoms with Gasteiger partial charge in [0, 0.05) is 6.04 Å². The molecule has 0 spiro atoms. The highest BCUT2D eigenvalue weighted by molar-refractivity contribution is 7.89. The van der Waals surface area contributed by atoms with Crippen molar-refractivity contribution in [1.82, 2.24) is 4.72 Å². The smallest absolute Gasteiger partial charge is 0.339 e. The van der Waals surface area contributed by atoms with Crippen LogP contribution in [0.1, 0.15) is 30.6 Å². The van der Waals surface area contributed by atoms with Crippen LogP contribution in [0.4, 0.5) is 5.69 Å². The Labute approximate surface area is 170 Å². The van der Waals surface area contributed by atoms with Gasteiger partial charge in [-0.2, -0.15) is 0 Å². The van der Waals surface area contributed by atoms with Crippen molar-refractivity contribution in [3.8, 4) is 5.75 Å². The molecule has 0 bridgehead atoms. The Morgan fingerprint density at radius 2 is 1.72 bits per heavy atom. The molecular formula is C20H24N2O6S. The second-order valence-corrected chi connectivity index (χ2v) is 7.99. The molecule has 0 unspecified atom stereocenters. The van der Waals surface area contributed by atoms with Gasteiger partial charge in [0.2, 0.25) is 10.0 Å². The fraction of sp³-hybridized carbons (Fsp3) is 0.300. The van der Waals surface area contributed by atoms with Crippen molar-refractivity contribution in [2.24, 2.45) is 0 Å². The first-order valence-corrected chi connectivity index (χ1v) is 10.5. The third kappa shape index (κ3) is 6.30. The van der Waals surface area contributed by atoms with Gasteiger partial charge in [0.15, 0.2) is 6.61 Å². The van der Waals surface area contributed by atoms with E-state index in [0.29, 0.717) is 17.9 Å². The quantitative estimate of drug-likeness (QED) is 0.603. The first kappa shape index (κ1) is 22.4. The van der Waals surface area contributed by atoms with E-state index < -0.39 is 21.9 Å². The Hall–Kier alpha value is -2.91. The first-order chi connectivity index (χ1) is 13.8. The summed E-state index contributed by atoms with van der Waals surface area (Å²) in [5, 5.41) is 2.59. The van der Waals surface area contributed by atoms with E-state index >= 15 is 0 Å². The van der Waals surface area contributed by atoms with Crippen LogP contribution in [0.2, 0.25) is 0 Å². The molecule has 2 aromatic carbocycles. The molecule has 9 heteroatoms. The van der Waals surface area contributed by atoms with E-state index in [4.69, 9.17) is 4.74 Å². The summed E-state index contributed by atoms with van der Waals surface area (Å²) in [4.78, 5) is 24.0. The Bertz CT molecular complexity index is 957. The minimum Gasteiger partial charge on any atom is -0.484 e. The largest absolute Gasteiger partial charge is 0.484 e. The maximum Gasteiger partial charge on any atom is 0.339 e. The van der Waals surface area contributed by atoms with Crippen LogP contribution in [0.3, 0.4) is 0 Å². The number of ether oxygens (including phenoxy) is 2. The molecule has 0 aromatic heterocycles. The summed E-state index contributed by atoms with van der Waals surface area (Å²) in [5.74, 6) is -0.704. The number of para-hydroxylation sites is 1. The lowest BCUT2D eigenvalue weighted by atomic mass is 10.2. The second-order valence-electron chi connectivity index (χ2n) is 6.28. The van der Waals surface area contributed by atoms with E-state index in [-0.39, 0.29) is 23.1 Å². The van der Waals surface area contributed by atoms with E-state index in [0.717, 1.165) is 0 Å². The Balaban J connectivity index is 1.97. The van der Waals surface area contributed by atoms with Crippen molar-refractivity contribution in [1.29, 1.82) is 0 Å². The van der Waals surface area contributed by atoms with Gasteiger partial charge < -0.3 is 14.8 Å². The van der Waals surface area contributed by atoms with Crippen molar-refractivity contribution in [3.63, 3.8) is 0 Å². The lowest BCUT2D eigenvalue weighted by Crippen LogP contribution is -2.31. The van der Waals surface area contributed by atoms with E-state index in [9.17, 15) is 18.0 Å². The highest BCUT2D eigenvalue weighted by Gasteiger charge is 2.17. The number of hydrogen-bond donors (Lipinski definition) is 2. The maximum absolute atomic E-state index is 12.2. The van der Waals surface area contributed by atoms with Crippen LogP contribution in [0, 0.1) is 0 Å². The average molecular weight is 420 g/mol. The summed E-state index contributed by atoms with van der Waals surface area (Å²) < 4.78 is 37.1. The van der Waals surface area contributed by atoms with Gasteiger partial charge in [-0.15, -0.1) is 0 Å². The summed E-state index contributed by atoms with van der Waals surface area (Å²) in [6, 6.07) is 12.0. The molecule has 0 aliphatic heterocycles. The number of methoxy groups -OCH3 is 1. The Morgan fingerprint density at radius 1 is 1.07 bits per heavy atom. The summed E-state index contributed by atoms with van der Waals surface area (Å²) in [7, 11) is -2.35. The number of nitrogens with one attached hydrogen (secondary N) is 2. The minimum absolute atomic E-state index is 0.113. The molecule has 2 N–H and O–H groups in total. The number of hydrogen-bond acceptors (Lipinski definition) is 6. The van der Waals surface area contributed by atoms with Crippen molar-refractivity contribution in [3.05, 3.63) is 54.1 Å². The molecule has 0 saturated heterocycles. The zero-order valence-corrected chi connectivity index (χ0v) is 17.3. The van der Waals surface area contributed by atoms with Crippen LogP contribution >= 0.6 is 0 Å². The molecule has 0 radical (unpaired) electrons. The molecule has 1 atom stereocenters. The van der Waals surface area contributed by atoms with Crippen molar-refractivity contribution < 1.29 is 27.5 Å². The fourth-order valence-electron chi connectivity index (χ4n) is 2.35. The Morgan fingerprint density at radius 3 is 2.34 bits per heavy atom. The monoisotopic (exact) mass is 420 g/mol. The molecule has 0 heterocycles. The van der Waals surface area contributed by atoms with Crippen molar-refractivity contribution in [2.45, 2.75) is 31.2 Å². The zero-order valence-electron chi connectivity index (χ0n) is 16.5. The number of amides is 1. The van der Waals surface area contributed by atoms with Gasteiger partial charge in [0.1, 0.15) is 5.75 Å². The van der Waals surface area contributed by atoms with Gasteiger partial charge in [-0.1, -0.05) is 19.1 Å². The molecule has 0 saturated carbocycles. The summed E-state index contributed by atoms with van der Waals surface area (Å²) in [6.45, 7) is 3.36. The summed E-state index contributed by atoms with van der Waals surface area (Å²) in [6.07, 6.45) is 0.675. The molecule has 8 nitrogen and oxygen atoms in total. The molecule has 1 amide bonds. The normalized spacial score (nSPS) is 12.1. The molecular weight excluding hydrogens is 396 g/mol. The van der Waals surface area contributed by atoms with Crippen molar-refractivity contribution in [2.75, 3.05) is 19.0 Å². The first-order valence-electron chi connectivity index (χ1n) is 8.99. The SMILES string of the molecule is CC[C@H](C)NS(=O)(=O)c1ccc(OCC(=O)Nc2ccccc2C(=O)OC)cc1. The van der Waals surface area contributed by atoms with Crippen LogP contribution < -0.4 is 14.8 Å². The zero-order chi connectivity index (χ0) is 21.4. The Kier molecular flexibility index (Phi) is 7.74. The number of anilines is 1. The van der Waals surface area contributed by atoms with Crippen LogP contribution in [0.5, 0.6) is 5.75 Å². The van der Waals surface area contributed by atoms with Gasteiger partial charge in [-0.05, 0) is 49.7 Å². The molecule has 0 fully saturated rings. The van der Waals surface area contributed by atoms with Gasteiger partial charge in [0.05, 0.1) is 23.3 Å². The molecule has 29 heavy (non-hydrogen) atoms. The lowest BCUT2D eigenvalue weighted by Gasteiger charge is -2.13. The average Bonchev–Trinajstić information content (AvgIpc) is 2.72. The number of sulfonamides is 1. The maximum atomic E-state index is 12.2. The number of esters is 1. The number of rotatable bonds is 9. The highest BCUT2D eigenvalue weighted by Crippen LogP contribution is 2.18. The lowest BCUT2D eigenvalue weighted by molar-refractivity contribution is -0.118. The topological polar surface area (TPSA) is 111 Å². The minimum atomic E-state index is -3.60. The van der Waals surface area contributed by atoms with Gasteiger partial charge >= 0.3 is 5.97 Å². The predicted octanol–water partition coefficient (Wildman–Crippen LogP) is 2.57. The van der Waals surface area contributed by atoms with E-state index in [1.54, 1.807) is 25.1 Å². The predicted molar refractivity (Wildman–Crippen MR) is 108 cm³/mol. The third-order valence-electron chi connectivity index (χ3n) is 4.08. The van der Waals surface area contributed by atoms with E-state index in [1.165, 1.54) is 37.4 Å². The summed E-state index contributed by atoms with van der Waals surface area (Å²) >= 11 is 0. The fourth-order valence-corrected chi connectivity index (χ4v) is 3.67. The van der Waals surface area contributed by atoms with Gasteiger partial charge in [-0.3, -0.25) is 4.79 Å². The molecule has 0 aliphatic rings. The molecule has 156 valence electrons. The third-order valence-corrected chi connectivity index (χ3v) is 5.68. The van der Waals surface area contributed by atoms with Gasteiger partial charge in [0.25, 0.3) is 5.91 Å². The van der Waals surface area contributed by atoms with E-state index in [2.05, 4.69) is 14.8 Å². The molecule has 2 rings (SSSR count). The summed E-state index contributed by atoms with van der Waals surface area (Å²) in [5.41, 5.74) is 0.539. The van der Waals surface area contributed by atoms with Crippen LogP contribution in [-0.4, -0.2) is 40.1 Å². The van der Waals surface area contributed by atoms with Crippen LogP contribution in [0.25, 0.3) is 0 Å². The number of benzene rings is 2. The molecule has 2 aromatic rings. The van der Waals surface area contributed by atoms with E-state index in [1.807, 2.05) is 6.92 Å². The van der Waals surface area contributed by atoms with Crippen LogP contribution in [0.15, 0.2) is 53.4 Å². The molecule has 0 aliphatic carbocycles. The van der Waals surface area contributed by atoms with Crippen molar-refractivity contribution >= 4 is 27.6 Å². The van der Waals surface area contributed by atoms with Crippen LogP contribution in [-0.2, 0) is 19.6 Å². The number of carbonyl (C=O) groups is 2. The standard InChI is InChI=1S/C20H24N2O6S/c1-4-14(2)22-29(25,26)16-11-9-15(10-12-16)28-13-19(23)21-18-8-6-5-7-17(18)20(24)27-3/h5-12,14,22H,4,13H2,1-3H3,(H,21,23)/t14-/m0/s1. The second kappa shape index (κ2) is 10.0.